The summed E-state index contributed by atoms with van der Waals surface area (Å²) in [4.78, 5) is 0. The Morgan fingerprint density at radius 3 is 2.27 bits per heavy atom. The Balaban J connectivity index is 2.29. The van der Waals surface area contributed by atoms with Crippen LogP contribution in [0.5, 0.6) is 0 Å². The normalized spacial score (nSPS) is 9.27. The molecule has 0 unspecified atom stereocenters. The van der Waals surface area contributed by atoms with Crippen molar-refractivity contribution in [3.8, 4) is 6.07 Å². The standard InChI is InChI=1S/C13H10N2/c14-10-11-6-4-5-9-13(11)15-12-7-2-1-3-8-12/h1-9,15H. The highest BCUT2D eigenvalue weighted by Gasteiger charge is 1.99. The molecular formula is C13H10N2. The van der Waals surface area contributed by atoms with Crippen molar-refractivity contribution in [1.82, 2.24) is 0 Å². The van der Waals surface area contributed by atoms with Gasteiger partial charge in [-0.1, -0.05) is 30.3 Å². The lowest BCUT2D eigenvalue weighted by Crippen LogP contribution is -1.92. The molecule has 0 aromatic heterocycles. The predicted octanol–water partition coefficient (Wildman–Crippen LogP) is 3.30. The van der Waals surface area contributed by atoms with Gasteiger partial charge < -0.3 is 5.32 Å². The van der Waals surface area contributed by atoms with Gasteiger partial charge in [0, 0.05) is 5.69 Å². The molecule has 0 amide bonds. The van der Waals surface area contributed by atoms with Gasteiger partial charge in [-0.05, 0) is 24.3 Å². The monoisotopic (exact) mass is 194 g/mol. The molecule has 0 atom stereocenters. The lowest BCUT2D eigenvalue weighted by molar-refractivity contribution is 1.46. The molecule has 0 spiro atoms. The zero-order valence-corrected chi connectivity index (χ0v) is 8.14. The van der Waals surface area contributed by atoms with E-state index in [2.05, 4.69) is 11.4 Å². The van der Waals surface area contributed by atoms with Crippen molar-refractivity contribution >= 4 is 11.4 Å². The zero-order chi connectivity index (χ0) is 10.5. The molecule has 0 saturated carbocycles. The SMILES string of the molecule is N#Cc1ccccc1Nc1ccccc1. The van der Waals surface area contributed by atoms with E-state index >= 15 is 0 Å². The van der Waals surface area contributed by atoms with Crippen LogP contribution >= 0.6 is 0 Å². The molecule has 15 heavy (non-hydrogen) atoms. The van der Waals surface area contributed by atoms with Crippen molar-refractivity contribution in [2.24, 2.45) is 0 Å². The number of nitriles is 1. The smallest absolute Gasteiger partial charge is 0.101 e. The van der Waals surface area contributed by atoms with E-state index in [-0.39, 0.29) is 0 Å². The van der Waals surface area contributed by atoms with Crippen LogP contribution in [0.15, 0.2) is 54.6 Å². The molecule has 2 rings (SSSR count). The van der Waals surface area contributed by atoms with Gasteiger partial charge in [0.05, 0.1) is 11.3 Å². The molecule has 1 N–H and O–H groups in total. The van der Waals surface area contributed by atoms with Crippen molar-refractivity contribution in [2.75, 3.05) is 5.32 Å². The number of anilines is 2. The van der Waals surface area contributed by atoms with Gasteiger partial charge >= 0.3 is 0 Å². The van der Waals surface area contributed by atoms with Crippen LogP contribution in [0, 0.1) is 11.3 Å². The van der Waals surface area contributed by atoms with Gasteiger partial charge in [0.1, 0.15) is 6.07 Å². The Kier molecular flexibility index (Phi) is 2.66. The van der Waals surface area contributed by atoms with E-state index in [0.717, 1.165) is 11.4 Å². The third kappa shape index (κ3) is 2.15. The molecule has 0 aliphatic rings. The fraction of sp³-hybridized carbons (Fsp3) is 0. The first kappa shape index (κ1) is 9.29. The second-order valence-electron chi connectivity index (χ2n) is 3.15. The second kappa shape index (κ2) is 4.30. The number of para-hydroxylation sites is 2. The molecule has 0 bridgehead atoms. The first-order valence-electron chi connectivity index (χ1n) is 4.71. The lowest BCUT2D eigenvalue weighted by atomic mass is 10.2. The summed E-state index contributed by atoms with van der Waals surface area (Å²) in [5.41, 5.74) is 2.48. The maximum atomic E-state index is 8.91. The molecule has 0 aliphatic heterocycles. The quantitative estimate of drug-likeness (QED) is 0.796. The molecule has 2 nitrogen and oxygen atoms in total. The number of nitrogens with zero attached hydrogens (tertiary/aromatic N) is 1. The topological polar surface area (TPSA) is 35.8 Å². The Hall–Kier alpha value is -2.27. The van der Waals surface area contributed by atoms with Crippen LogP contribution in [0.4, 0.5) is 11.4 Å². The zero-order valence-electron chi connectivity index (χ0n) is 8.14. The first-order valence-corrected chi connectivity index (χ1v) is 4.71. The fourth-order valence-corrected chi connectivity index (χ4v) is 1.37. The van der Waals surface area contributed by atoms with E-state index in [0.29, 0.717) is 5.56 Å². The van der Waals surface area contributed by atoms with E-state index < -0.39 is 0 Å². The highest BCUT2D eigenvalue weighted by molar-refractivity contribution is 5.66. The van der Waals surface area contributed by atoms with E-state index in [9.17, 15) is 0 Å². The van der Waals surface area contributed by atoms with Crippen molar-refractivity contribution in [3.05, 3.63) is 60.2 Å². The van der Waals surface area contributed by atoms with Gasteiger partial charge in [-0.3, -0.25) is 0 Å². The number of rotatable bonds is 2. The van der Waals surface area contributed by atoms with E-state index in [1.165, 1.54) is 0 Å². The van der Waals surface area contributed by atoms with E-state index in [1.54, 1.807) is 6.07 Å². The molecule has 0 fully saturated rings. The van der Waals surface area contributed by atoms with Gasteiger partial charge in [-0.2, -0.15) is 5.26 Å². The molecule has 2 aromatic rings. The largest absolute Gasteiger partial charge is 0.354 e. The summed E-state index contributed by atoms with van der Waals surface area (Å²) in [5.74, 6) is 0. The van der Waals surface area contributed by atoms with Gasteiger partial charge in [-0.25, -0.2) is 0 Å². The van der Waals surface area contributed by atoms with E-state index in [1.807, 2.05) is 48.5 Å². The Labute approximate surface area is 88.8 Å². The average molecular weight is 194 g/mol. The van der Waals surface area contributed by atoms with Crippen LogP contribution in [0.1, 0.15) is 5.56 Å². The van der Waals surface area contributed by atoms with Crippen molar-refractivity contribution in [3.63, 3.8) is 0 Å². The highest BCUT2D eigenvalue weighted by Crippen LogP contribution is 2.19. The Bertz CT molecular complexity index is 483. The van der Waals surface area contributed by atoms with Crippen molar-refractivity contribution in [1.29, 1.82) is 5.26 Å². The molecule has 0 saturated heterocycles. The lowest BCUT2D eigenvalue weighted by Gasteiger charge is -2.07. The Morgan fingerprint density at radius 1 is 0.867 bits per heavy atom. The van der Waals surface area contributed by atoms with Crippen LogP contribution in [-0.2, 0) is 0 Å². The molecule has 2 aromatic carbocycles. The molecule has 2 heteroatoms. The molecule has 72 valence electrons. The van der Waals surface area contributed by atoms with Crippen LogP contribution in [0.2, 0.25) is 0 Å². The number of hydrogen-bond donors (Lipinski definition) is 1. The summed E-state index contributed by atoms with van der Waals surface area (Å²) in [6.07, 6.45) is 0. The predicted molar refractivity (Wildman–Crippen MR) is 60.9 cm³/mol. The Morgan fingerprint density at radius 2 is 1.53 bits per heavy atom. The maximum Gasteiger partial charge on any atom is 0.101 e. The van der Waals surface area contributed by atoms with Gasteiger partial charge in [0.15, 0.2) is 0 Å². The minimum atomic E-state index is 0.654. The van der Waals surface area contributed by atoms with Gasteiger partial charge in [0.25, 0.3) is 0 Å². The molecule has 0 heterocycles. The van der Waals surface area contributed by atoms with Crippen LogP contribution in [0.3, 0.4) is 0 Å². The van der Waals surface area contributed by atoms with E-state index in [4.69, 9.17) is 5.26 Å². The summed E-state index contributed by atoms with van der Waals surface area (Å²) < 4.78 is 0. The summed E-state index contributed by atoms with van der Waals surface area (Å²) in [5, 5.41) is 12.1. The third-order valence-electron chi connectivity index (χ3n) is 2.10. The summed E-state index contributed by atoms with van der Waals surface area (Å²) in [7, 11) is 0. The third-order valence-corrected chi connectivity index (χ3v) is 2.10. The van der Waals surface area contributed by atoms with Crippen LogP contribution in [0.25, 0.3) is 0 Å². The van der Waals surface area contributed by atoms with Gasteiger partial charge in [0.2, 0.25) is 0 Å². The number of hydrogen-bond acceptors (Lipinski definition) is 2. The van der Waals surface area contributed by atoms with Crippen molar-refractivity contribution < 1.29 is 0 Å². The average Bonchev–Trinajstić information content (AvgIpc) is 2.31. The minimum Gasteiger partial charge on any atom is -0.354 e. The molecular weight excluding hydrogens is 184 g/mol. The number of nitrogens with one attached hydrogen (secondary N) is 1. The summed E-state index contributed by atoms with van der Waals surface area (Å²) >= 11 is 0. The minimum absolute atomic E-state index is 0.654. The van der Waals surface area contributed by atoms with Crippen LogP contribution in [-0.4, -0.2) is 0 Å². The van der Waals surface area contributed by atoms with Gasteiger partial charge in [-0.15, -0.1) is 0 Å². The van der Waals surface area contributed by atoms with Crippen molar-refractivity contribution in [2.45, 2.75) is 0 Å². The summed E-state index contributed by atoms with van der Waals surface area (Å²) in [6.45, 7) is 0. The van der Waals surface area contributed by atoms with Crippen LogP contribution < -0.4 is 5.32 Å². The summed E-state index contributed by atoms with van der Waals surface area (Å²) in [6, 6.07) is 19.4. The highest BCUT2D eigenvalue weighted by atomic mass is 14.9. The number of benzene rings is 2. The first-order chi connectivity index (χ1) is 7.40. The second-order valence-corrected chi connectivity index (χ2v) is 3.15. The molecule has 0 aliphatic carbocycles. The molecule has 0 radical (unpaired) electrons. The maximum absolute atomic E-state index is 8.91. The fourth-order valence-electron chi connectivity index (χ4n) is 1.37.